The predicted octanol–water partition coefficient (Wildman–Crippen LogP) is 1.77. The van der Waals surface area contributed by atoms with Gasteiger partial charge in [-0.15, -0.1) is 0 Å². The number of rotatable bonds is 6. The first-order valence-electron chi connectivity index (χ1n) is 7.75. The van der Waals surface area contributed by atoms with Crippen molar-refractivity contribution in [1.82, 2.24) is 10.2 Å². The van der Waals surface area contributed by atoms with Crippen molar-refractivity contribution in [2.75, 3.05) is 39.4 Å². The van der Waals surface area contributed by atoms with Crippen LogP contribution >= 0.6 is 0 Å². The lowest BCUT2D eigenvalue weighted by atomic mass is 10.0. The summed E-state index contributed by atoms with van der Waals surface area (Å²) < 4.78 is 11.9. The molecule has 2 atom stereocenters. The first kappa shape index (κ1) is 14.8. The lowest BCUT2D eigenvalue weighted by Gasteiger charge is -2.38. The average Bonchev–Trinajstić information content (AvgIpc) is 2.49. The fourth-order valence-electron chi connectivity index (χ4n) is 2.73. The monoisotopic (exact) mass is 268 g/mol. The van der Waals surface area contributed by atoms with E-state index in [0.29, 0.717) is 0 Å². The Labute approximate surface area is 117 Å². The molecule has 4 nitrogen and oxygen atoms in total. The number of nitrogens with one attached hydrogen (secondary N) is 1. The molecule has 0 aliphatic carbocycles. The Morgan fingerprint density at radius 1 is 1.42 bits per heavy atom. The quantitative estimate of drug-likeness (QED) is 0.796. The van der Waals surface area contributed by atoms with E-state index in [2.05, 4.69) is 30.1 Å². The summed E-state index contributed by atoms with van der Waals surface area (Å²) in [5.41, 5.74) is 0. The van der Waals surface area contributed by atoms with Crippen molar-refractivity contribution < 1.29 is 9.47 Å². The van der Waals surface area contributed by atoms with Gasteiger partial charge in [0.1, 0.15) is 5.76 Å². The van der Waals surface area contributed by atoms with E-state index in [1.165, 1.54) is 0 Å². The number of hydrogen-bond acceptors (Lipinski definition) is 4. The number of hydrogen-bond donors (Lipinski definition) is 1. The van der Waals surface area contributed by atoms with Gasteiger partial charge in [0, 0.05) is 13.1 Å². The van der Waals surface area contributed by atoms with Gasteiger partial charge in [0.05, 0.1) is 25.4 Å². The van der Waals surface area contributed by atoms with E-state index >= 15 is 0 Å². The molecule has 0 saturated carbocycles. The highest BCUT2D eigenvalue weighted by molar-refractivity contribution is 5.09. The van der Waals surface area contributed by atoms with Crippen LogP contribution in [0.15, 0.2) is 11.8 Å². The molecule has 4 heteroatoms. The molecule has 0 amide bonds. The fraction of sp³-hybridized carbons (Fsp3) is 0.867. The van der Waals surface area contributed by atoms with Crippen molar-refractivity contribution in [1.29, 1.82) is 0 Å². The van der Waals surface area contributed by atoms with Gasteiger partial charge in [0.2, 0.25) is 0 Å². The normalized spacial score (nSPS) is 26.6. The van der Waals surface area contributed by atoms with E-state index < -0.39 is 0 Å². The Hall–Kier alpha value is -0.580. The highest BCUT2D eigenvalue weighted by Crippen LogP contribution is 2.20. The van der Waals surface area contributed by atoms with Gasteiger partial charge in [-0.05, 0) is 38.4 Å². The molecule has 2 heterocycles. The molecule has 0 aromatic carbocycles. The average molecular weight is 268 g/mol. The van der Waals surface area contributed by atoms with Crippen LogP contribution in [0, 0.1) is 0 Å². The highest BCUT2D eigenvalue weighted by Gasteiger charge is 2.31. The van der Waals surface area contributed by atoms with E-state index in [-0.39, 0.29) is 12.1 Å². The summed E-state index contributed by atoms with van der Waals surface area (Å²) in [5, 5.41) is 3.61. The van der Waals surface area contributed by atoms with Gasteiger partial charge in [-0.2, -0.15) is 0 Å². The van der Waals surface area contributed by atoms with Crippen LogP contribution < -0.4 is 5.32 Å². The van der Waals surface area contributed by atoms with Crippen LogP contribution in [0.5, 0.6) is 0 Å². The van der Waals surface area contributed by atoms with Gasteiger partial charge < -0.3 is 14.8 Å². The van der Waals surface area contributed by atoms with Crippen LogP contribution in [0.4, 0.5) is 0 Å². The van der Waals surface area contributed by atoms with Gasteiger partial charge in [0.25, 0.3) is 0 Å². The van der Waals surface area contributed by atoms with Crippen molar-refractivity contribution in [2.45, 2.75) is 45.3 Å². The zero-order valence-corrected chi connectivity index (χ0v) is 12.4. The molecule has 1 N–H and O–H groups in total. The molecule has 2 unspecified atom stereocenters. The molecule has 2 aliphatic heterocycles. The van der Waals surface area contributed by atoms with Gasteiger partial charge >= 0.3 is 0 Å². The number of allylic oxidation sites excluding steroid dienone is 1. The van der Waals surface area contributed by atoms with Crippen LogP contribution in [0.1, 0.15) is 33.1 Å². The topological polar surface area (TPSA) is 33.7 Å². The van der Waals surface area contributed by atoms with E-state index in [0.717, 1.165) is 64.4 Å². The third kappa shape index (κ3) is 4.20. The smallest absolute Gasteiger partial charge is 0.112 e. The molecule has 1 saturated heterocycles. The van der Waals surface area contributed by atoms with E-state index in [1.54, 1.807) is 0 Å². The first-order chi connectivity index (χ1) is 9.35. The molecule has 2 aliphatic rings. The van der Waals surface area contributed by atoms with Gasteiger partial charge in [-0.3, -0.25) is 4.90 Å². The first-order valence-corrected chi connectivity index (χ1v) is 7.75. The maximum Gasteiger partial charge on any atom is 0.112 e. The molecule has 2 rings (SSSR count). The Balaban J connectivity index is 2.01. The third-order valence-electron chi connectivity index (χ3n) is 3.88. The molecule has 19 heavy (non-hydrogen) atoms. The molecule has 0 bridgehead atoms. The Morgan fingerprint density at radius 2 is 2.32 bits per heavy atom. The van der Waals surface area contributed by atoms with Crippen molar-refractivity contribution in [3.63, 3.8) is 0 Å². The zero-order chi connectivity index (χ0) is 13.5. The van der Waals surface area contributed by atoms with Gasteiger partial charge in [0.15, 0.2) is 0 Å². The van der Waals surface area contributed by atoms with Crippen LogP contribution in [-0.2, 0) is 9.47 Å². The molecule has 0 spiro atoms. The Bertz CT molecular complexity index is 294. The van der Waals surface area contributed by atoms with Crippen LogP contribution in [0.25, 0.3) is 0 Å². The zero-order valence-electron chi connectivity index (χ0n) is 12.4. The van der Waals surface area contributed by atoms with Crippen molar-refractivity contribution in [2.24, 2.45) is 0 Å². The number of nitrogens with zero attached hydrogens (tertiary/aromatic N) is 1. The summed E-state index contributed by atoms with van der Waals surface area (Å²) in [7, 11) is 0. The largest absolute Gasteiger partial charge is 0.496 e. The van der Waals surface area contributed by atoms with Crippen LogP contribution in [0.3, 0.4) is 0 Å². The number of likely N-dealkylation sites (N-methyl/N-ethyl adjacent to an activating group) is 1. The summed E-state index contributed by atoms with van der Waals surface area (Å²) in [6, 6.07) is 0.217. The van der Waals surface area contributed by atoms with Crippen molar-refractivity contribution >= 4 is 0 Å². The van der Waals surface area contributed by atoms with Crippen molar-refractivity contribution in [3.05, 3.63) is 11.8 Å². The predicted molar refractivity (Wildman–Crippen MR) is 77.2 cm³/mol. The standard InChI is InChI=1S/C15H28N2O2/c1-3-8-16-15(13-7-5-6-10-18-13)14-12-17(4-2)9-11-19-14/h7,14-16H,3-6,8-12H2,1-2H3. The molecule has 0 radical (unpaired) electrons. The van der Waals surface area contributed by atoms with Crippen molar-refractivity contribution in [3.8, 4) is 0 Å². The fourth-order valence-corrected chi connectivity index (χ4v) is 2.73. The third-order valence-corrected chi connectivity index (χ3v) is 3.88. The Morgan fingerprint density at radius 3 is 3.00 bits per heavy atom. The molecule has 0 aromatic heterocycles. The minimum absolute atomic E-state index is 0.213. The second-order valence-corrected chi connectivity index (χ2v) is 5.33. The van der Waals surface area contributed by atoms with E-state index in [4.69, 9.17) is 9.47 Å². The summed E-state index contributed by atoms with van der Waals surface area (Å²) in [4.78, 5) is 2.46. The van der Waals surface area contributed by atoms with Gasteiger partial charge in [-0.1, -0.05) is 13.8 Å². The Kier molecular flexibility index (Phi) is 6.14. The van der Waals surface area contributed by atoms with Crippen LogP contribution in [0.2, 0.25) is 0 Å². The molecular formula is C15H28N2O2. The number of ether oxygens (including phenoxy) is 2. The molecular weight excluding hydrogens is 240 g/mol. The summed E-state index contributed by atoms with van der Waals surface area (Å²) in [6.07, 6.45) is 5.85. The van der Waals surface area contributed by atoms with E-state index in [1.807, 2.05) is 0 Å². The minimum atomic E-state index is 0.213. The second-order valence-electron chi connectivity index (χ2n) is 5.33. The van der Waals surface area contributed by atoms with Crippen LogP contribution in [-0.4, -0.2) is 56.4 Å². The number of morpholine rings is 1. The second kappa shape index (κ2) is 7.88. The molecule has 110 valence electrons. The lowest BCUT2D eigenvalue weighted by Crippen LogP contribution is -2.53. The molecule has 0 aromatic rings. The van der Waals surface area contributed by atoms with E-state index in [9.17, 15) is 0 Å². The maximum atomic E-state index is 6.00. The minimum Gasteiger partial charge on any atom is -0.496 e. The highest BCUT2D eigenvalue weighted by atomic mass is 16.5. The maximum absolute atomic E-state index is 6.00. The summed E-state index contributed by atoms with van der Waals surface area (Å²) in [5.74, 6) is 1.10. The SMILES string of the molecule is CCCNC(C1=CCCCO1)C1CN(CC)CCO1. The lowest BCUT2D eigenvalue weighted by molar-refractivity contribution is -0.0483. The molecule has 1 fully saturated rings. The van der Waals surface area contributed by atoms with Gasteiger partial charge in [-0.25, -0.2) is 0 Å². The summed E-state index contributed by atoms with van der Waals surface area (Å²) >= 11 is 0. The summed E-state index contributed by atoms with van der Waals surface area (Å²) in [6.45, 7) is 10.2.